The lowest BCUT2D eigenvalue weighted by atomic mass is 10.2. The molecule has 0 aromatic carbocycles. The molecule has 0 fully saturated rings. The van der Waals surface area contributed by atoms with E-state index in [4.69, 9.17) is 0 Å². The minimum absolute atomic E-state index is 0.139. The maximum Gasteiger partial charge on any atom is 0.0999 e. The van der Waals surface area contributed by atoms with Gasteiger partial charge in [-0.05, 0) is 13.8 Å². The Bertz CT molecular complexity index is 37.3. The number of halogens is 1. The van der Waals surface area contributed by atoms with Crippen molar-refractivity contribution in [3.63, 3.8) is 0 Å². The van der Waals surface area contributed by atoms with Crippen molar-refractivity contribution in [2.24, 2.45) is 0 Å². The lowest BCUT2D eigenvalue weighted by Gasteiger charge is -1.99. The normalized spacial score (nSPS) is 18.9. The van der Waals surface area contributed by atoms with Crippen molar-refractivity contribution >= 4 is 0 Å². The van der Waals surface area contributed by atoms with Crippen LogP contribution in [0.2, 0.25) is 0 Å². The van der Waals surface area contributed by atoms with Crippen LogP contribution in [0.5, 0.6) is 0 Å². The molecule has 2 unspecified atom stereocenters. The smallest absolute Gasteiger partial charge is 0.0999 e. The molecule has 0 spiro atoms. The molecule has 0 aliphatic heterocycles. The van der Waals surface area contributed by atoms with Crippen LogP contribution in [0.25, 0.3) is 0 Å². The summed E-state index contributed by atoms with van der Waals surface area (Å²) < 4.78 is 11.8. The van der Waals surface area contributed by atoms with Crippen LogP contribution in [0.4, 0.5) is 4.39 Å². The lowest BCUT2D eigenvalue weighted by Crippen LogP contribution is -2.04. The minimum Gasteiger partial charge on any atom is -0.248 e. The van der Waals surface area contributed by atoms with Gasteiger partial charge in [0.25, 0.3) is 0 Å². The van der Waals surface area contributed by atoms with Crippen molar-refractivity contribution < 1.29 is 9.50 Å². The Kier molecular flexibility index (Phi) is 2.92. The van der Waals surface area contributed by atoms with Gasteiger partial charge in [0.05, 0.1) is 12.3 Å². The van der Waals surface area contributed by atoms with Crippen molar-refractivity contribution in [2.45, 2.75) is 32.5 Å². The van der Waals surface area contributed by atoms with Crippen LogP contribution in [-0.2, 0) is 5.11 Å². The van der Waals surface area contributed by atoms with Crippen molar-refractivity contribution in [3.8, 4) is 0 Å². The molecule has 0 N–H and O–H groups in total. The number of hydrogen-bond donors (Lipinski definition) is 0. The zero-order valence-corrected chi connectivity index (χ0v) is 4.65. The van der Waals surface area contributed by atoms with E-state index in [2.05, 4.69) is 0 Å². The first-order valence-corrected chi connectivity index (χ1v) is 2.43. The lowest BCUT2D eigenvalue weighted by molar-refractivity contribution is 0.0762. The van der Waals surface area contributed by atoms with Gasteiger partial charge in [0.2, 0.25) is 0 Å². The van der Waals surface area contributed by atoms with E-state index in [1.165, 1.54) is 13.8 Å². The molecule has 7 heavy (non-hydrogen) atoms. The van der Waals surface area contributed by atoms with Gasteiger partial charge < -0.3 is 0 Å². The van der Waals surface area contributed by atoms with Crippen molar-refractivity contribution in [2.75, 3.05) is 0 Å². The van der Waals surface area contributed by atoms with Gasteiger partial charge >= 0.3 is 0 Å². The fourth-order valence-electron chi connectivity index (χ4n) is 0.457. The molecule has 1 radical (unpaired) electrons. The fraction of sp³-hybridized carbons (Fsp3) is 1.00. The minimum atomic E-state index is -0.938. The first-order valence-electron chi connectivity index (χ1n) is 2.43. The van der Waals surface area contributed by atoms with Gasteiger partial charge in [-0.2, -0.15) is 0 Å². The van der Waals surface area contributed by atoms with Crippen LogP contribution < -0.4 is 0 Å². The average Bonchev–Trinajstić information content (AvgIpc) is 1.27. The molecule has 0 heterocycles. The molecule has 2 heteroatoms. The molecule has 2 atom stereocenters. The van der Waals surface area contributed by atoms with Crippen LogP contribution in [0.3, 0.4) is 0 Å². The molecular weight excluding hydrogens is 95.1 g/mol. The molecule has 0 saturated heterocycles. The van der Waals surface area contributed by atoms with E-state index in [1.807, 2.05) is 0 Å². The molecule has 0 aromatic rings. The van der Waals surface area contributed by atoms with E-state index in [1.54, 1.807) is 0 Å². The summed E-state index contributed by atoms with van der Waals surface area (Å²) in [5.41, 5.74) is 0. The van der Waals surface area contributed by atoms with Crippen LogP contribution in [0.1, 0.15) is 20.3 Å². The highest BCUT2D eigenvalue weighted by Gasteiger charge is 2.02. The molecule has 0 saturated carbocycles. The average molecular weight is 105 g/mol. The summed E-state index contributed by atoms with van der Waals surface area (Å²) in [4.78, 5) is 0. The Morgan fingerprint density at radius 1 is 1.57 bits per heavy atom. The Morgan fingerprint density at radius 3 is 2.00 bits per heavy atom. The number of alkyl halides is 1. The highest BCUT2D eigenvalue weighted by Crippen LogP contribution is 1.99. The molecule has 0 rings (SSSR count). The van der Waals surface area contributed by atoms with E-state index < -0.39 is 12.3 Å². The van der Waals surface area contributed by atoms with Crippen LogP contribution in [-0.4, -0.2) is 12.3 Å². The maximum absolute atomic E-state index is 11.8. The van der Waals surface area contributed by atoms with Crippen molar-refractivity contribution in [1.82, 2.24) is 0 Å². The number of rotatable bonds is 2. The van der Waals surface area contributed by atoms with Crippen molar-refractivity contribution in [3.05, 3.63) is 0 Å². The predicted molar refractivity (Wildman–Crippen MR) is 25.3 cm³/mol. The van der Waals surface area contributed by atoms with Gasteiger partial charge in [-0.1, -0.05) is 0 Å². The third-order valence-electron chi connectivity index (χ3n) is 0.657. The van der Waals surface area contributed by atoms with E-state index in [0.717, 1.165) is 0 Å². The second-order valence-corrected chi connectivity index (χ2v) is 1.83. The first kappa shape index (κ1) is 6.89. The Balaban J connectivity index is 2.95. The Labute approximate surface area is 43.2 Å². The molecule has 0 aromatic heterocycles. The first-order chi connectivity index (χ1) is 3.13. The summed E-state index contributed by atoms with van der Waals surface area (Å²) in [6.45, 7) is 2.87. The van der Waals surface area contributed by atoms with Gasteiger partial charge in [0, 0.05) is 6.42 Å². The monoisotopic (exact) mass is 105 g/mol. The third-order valence-corrected chi connectivity index (χ3v) is 0.657. The molecule has 0 aliphatic rings. The summed E-state index contributed by atoms with van der Waals surface area (Å²) in [6, 6.07) is 0. The van der Waals surface area contributed by atoms with E-state index in [-0.39, 0.29) is 6.42 Å². The molecular formula is C5H10FO. The topological polar surface area (TPSA) is 19.9 Å². The second-order valence-electron chi connectivity index (χ2n) is 1.83. The largest absolute Gasteiger partial charge is 0.248 e. The fourth-order valence-corrected chi connectivity index (χ4v) is 0.457. The Morgan fingerprint density at radius 2 is 2.00 bits per heavy atom. The van der Waals surface area contributed by atoms with Gasteiger partial charge in [0.15, 0.2) is 0 Å². The van der Waals surface area contributed by atoms with E-state index >= 15 is 0 Å². The Hall–Kier alpha value is -0.110. The summed E-state index contributed by atoms with van der Waals surface area (Å²) >= 11 is 0. The zero-order valence-electron chi connectivity index (χ0n) is 4.65. The van der Waals surface area contributed by atoms with Crippen LogP contribution in [0, 0.1) is 0 Å². The van der Waals surface area contributed by atoms with Gasteiger partial charge in [-0.3, -0.25) is 0 Å². The zero-order chi connectivity index (χ0) is 5.86. The second kappa shape index (κ2) is 2.97. The van der Waals surface area contributed by atoms with E-state index in [9.17, 15) is 9.50 Å². The summed E-state index contributed by atoms with van der Waals surface area (Å²) in [6.07, 6.45) is -1.55. The predicted octanol–water partition coefficient (Wildman–Crippen LogP) is 1.55. The molecule has 43 valence electrons. The molecule has 0 bridgehead atoms. The highest BCUT2D eigenvalue weighted by atomic mass is 19.1. The van der Waals surface area contributed by atoms with Gasteiger partial charge in [-0.15, -0.1) is 0 Å². The summed E-state index contributed by atoms with van der Waals surface area (Å²) in [5, 5.41) is 10.1. The standard InChI is InChI=1S/C5H10FO/c1-4(6)3-5(2)7/h4-5H,3H2,1-2H3. The highest BCUT2D eigenvalue weighted by molar-refractivity contribution is 4.51. The molecule has 0 aliphatic carbocycles. The molecule has 1 nitrogen and oxygen atoms in total. The quantitative estimate of drug-likeness (QED) is 0.507. The number of hydrogen-bond acceptors (Lipinski definition) is 0. The summed E-state index contributed by atoms with van der Waals surface area (Å²) in [7, 11) is 0. The van der Waals surface area contributed by atoms with Crippen LogP contribution >= 0.6 is 0 Å². The van der Waals surface area contributed by atoms with Crippen molar-refractivity contribution in [1.29, 1.82) is 0 Å². The summed E-state index contributed by atoms with van der Waals surface area (Å²) in [5.74, 6) is 0. The third kappa shape index (κ3) is 5.89. The van der Waals surface area contributed by atoms with Gasteiger partial charge in [0.1, 0.15) is 0 Å². The molecule has 0 amide bonds. The van der Waals surface area contributed by atoms with Crippen LogP contribution in [0.15, 0.2) is 0 Å². The maximum atomic E-state index is 11.8. The van der Waals surface area contributed by atoms with E-state index in [0.29, 0.717) is 0 Å². The van der Waals surface area contributed by atoms with Gasteiger partial charge in [-0.25, -0.2) is 9.50 Å². The SMILES string of the molecule is CC([O])CC(C)F.